The average Bonchev–Trinajstić information content (AvgIpc) is 3.79. The zero-order valence-electron chi connectivity index (χ0n) is 33.6. The lowest BCUT2D eigenvalue weighted by Crippen LogP contribution is -2.52. The lowest BCUT2D eigenvalue weighted by molar-refractivity contribution is -0.140. The van der Waals surface area contributed by atoms with Crippen molar-refractivity contribution in [2.45, 2.75) is 89.6 Å². The Morgan fingerprint density at radius 3 is 1.74 bits per heavy atom. The number of alkyl carbamates (subject to hydrolysis) is 1. The summed E-state index contributed by atoms with van der Waals surface area (Å²) in [5.74, 6) is 8.27. The number of carbonyl (C=O) groups excluding carboxylic acids is 3. The highest BCUT2D eigenvalue weighted by Crippen LogP contribution is 2.54. The molecule has 0 unspecified atom stereocenters. The van der Waals surface area contributed by atoms with Gasteiger partial charge < -0.3 is 34.9 Å². The molecule has 4 aliphatic rings. The number of hydrogen-bond acceptors (Lipinski definition) is 7. The highest BCUT2D eigenvalue weighted by atomic mass is 16.5. The largest absolute Gasteiger partial charge is 0.465 e. The number of fused-ring (bicyclic) bond motifs is 2. The summed E-state index contributed by atoms with van der Waals surface area (Å²) < 4.78 is 4.79. The monoisotopic (exact) mass is 786 g/mol. The van der Waals surface area contributed by atoms with Gasteiger partial charge in [-0.3, -0.25) is 14.5 Å². The molecule has 14 nitrogen and oxygen atoms in total. The number of imidazole rings is 2. The van der Waals surface area contributed by atoms with Crippen LogP contribution in [-0.4, -0.2) is 102 Å². The third-order valence-electron chi connectivity index (χ3n) is 12.2. The highest BCUT2D eigenvalue weighted by molar-refractivity contribution is 5.88. The van der Waals surface area contributed by atoms with Gasteiger partial charge in [-0.25, -0.2) is 19.6 Å². The van der Waals surface area contributed by atoms with Crippen LogP contribution >= 0.6 is 0 Å². The molecule has 4 N–H and O–H groups in total. The zero-order chi connectivity index (χ0) is 41.0. The Labute approximate surface area is 337 Å². The van der Waals surface area contributed by atoms with Gasteiger partial charge >= 0.3 is 12.2 Å². The number of amides is 4. The van der Waals surface area contributed by atoms with Gasteiger partial charge in [0.2, 0.25) is 11.8 Å². The van der Waals surface area contributed by atoms with Crippen molar-refractivity contribution in [1.82, 2.24) is 40.0 Å². The number of methoxy groups -OCH3 is 1. The van der Waals surface area contributed by atoms with E-state index >= 15 is 0 Å². The first kappa shape index (κ1) is 38.8. The maximum atomic E-state index is 13.9. The SMILES string of the molecule is COC(=O)N[C@H](C(=O)N1[C@@H]2C[C@@H]2C[C@H]1c1nc(-c2cccc(C#Cc3cccc(-c4c[nH]c([C@@H]5C[C@H]6C[C@H]6N5C(=O)[C@H](C(C)C)N(C)C(=O)O)n4)c3)c2)c[nH]1)C(C)C. The Bertz CT molecular complexity index is 2300. The molecule has 8 rings (SSSR count). The van der Waals surface area contributed by atoms with Crippen LogP contribution in [-0.2, 0) is 14.3 Å². The van der Waals surface area contributed by atoms with Gasteiger partial charge in [0.05, 0.1) is 30.6 Å². The van der Waals surface area contributed by atoms with Gasteiger partial charge in [0, 0.05) is 53.8 Å². The number of piperidine rings is 2. The molecule has 2 saturated heterocycles. The smallest absolute Gasteiger partial charge is 0.407 e. The number of carboxylic acid groups (broad SMARTS) is 1. The van der Waals surface area contributed by atoms with Gasteiger partial charge in [0.15, 0.2) is 0 Å². The summed E-state index contributed by atoms with van der Waals surface area (Å²) in [5.41, 5.74) is 4.91. The van der Waals surface area contributed by atoms with Gasteiger partial charge in [-0.05, 0) is 73.6 Å². The Balaban J connectivity index is 0.964. The minimum Gasteiger partial charge on any atom is -0.465 e. The maximum Gasteiger partial charge on any atom is 0.407 e. The van der Waals surface area contributed by atoms with Gasteiger partial charge in [-0.1, -0.05) is 63.8 Å². The number of aromatic nitrogens is 4. The standard InChI is InChI=1S/C44H50N8O6/c1-23(2)37(49-43(55)58-6)41(53)51-33-17-29(33)19-35(51)39-45-21-31(47-39)27-11-7-9-25(15-27)13-14-26-10-8-12-28(16-26)32-22-46-40(48-32)36-20-30-18-34(30)52(36)42(54)38(24(3)4)50(5)44(56)57/h7-12,15-16,21-24,29-30,33-38H,17-20H2,1-6H3,(H,45,47)(H,46,48)(H,49,55)(H,56,57)/t29-,30-,33-,34-,35+,36+,37+,38+/m1/s1. The molecule has 0 spiro atoms. The fourth-order valence-corrected chi connectivity index (χ4v) is 9.03. The Morgan fingerprint density at radius 2 is 1.29 bits per heavy atom. The first-order valence-corrected chi connectivity index (χ1v) is 20.1. The van der Waals surface area contributed by atoms with Crippen molar-refractivity contribution in [3.05, 3.63) is 83.7 Å². The first-order chi connectivity index (χ1) is 27.8. The van der Waals surface area contributed by atoms with Crippen molar-refractivity contribution >= 4 is 24.0 Å². The van der Waals surface area contributed by atoms with Gasteiger partial charge in [0.25, 0.3) is 0 Å². The second kappa shape index (κ2) is 15.3. The van der Waals surface area contributed by atoms with Crippen molar-refractivity contribution in [3.63, 3.8) is 0 Å². The first-order valence-electron chi connectivity index (χ1n) is 20.1. The third-order valence-corrected chi connectivity index (χ3v) is 12.2. The zero-order valence-corrected chi connectivity index (χ0v) is 33.6. The molecule has 58 heavy (non-hydrogen) atoms. The topological polar surface area (TPSA) is 177 Å². The number of nitrogens with one attached hydrogen (secondary N) is 3. The van der Waals surface area contributed by atoms with Crippen molar-refractivity contribution in [2.75, 3.05) is 14.2 Å². The molecule has 4 heterocycles. The normalized spacial score (nSPS) is 23.7. The number of ether oxygens (including phenoxy) is 1. The van der Waals surface area contributed by atoms with Crippen LogP contribution in [0.3, 0.4) is 0 Å². The summed E-state index contributed by atoms with van der Waals surface area (Å²) in [5, 5.41) is 12.4. The summed E-state index contributed by atoms with van der Waals surface area (Å²) in [7, 11) is 2.76. The number of likely N-dealkylation sites (N-methyl/N-ethyl adjacent to an activating group) is 1. The number of hydrogen-bond donors (Lipinski definition) is 4. The molecule has 2 aliphatic carbocycles. The van der Waals surface area contributed by atoms with Crippen LogP contribution in [0.25, 0.3) is 22.5 Å². The summed E-state index contributed by atoms with van der Waals surface area (Å²) in [4.78, 5) is 73.0. The molecule has 14 heteroatoms. The molecule has 4 aromatic rings. The van der Waals surface area contributed by atoms with Crippen molar-refractivity contribution < 1.29 is 29.0 Å². The predicted molar refractivity (Wildman–Crippen MR) is 215 cm³/mol. The Kier molecular flexibility index (Phi) is 10.3. The number of carbonyl (C=O) groups is 4. The molecule has 0 radical (unpaired) electrons. The Morgan fingerprint density at radius 1 is 0.793 bits per heavy atom. The van der Waals surface area contributed by atoms with Crippen LogP contribution in [0.15, 0.2) is 60.9 Å². The van der Waals surface area contributed by atoms with Crippen LogP contribution in [0.2, 0.25) is 0 Å². The predicted octanol–water partition coefficient (Wildman–Crippen LogP) is 6.21. The molecule has 2 aromatic carbocycles. The van der Waals surface area contributed by atoms with Gasteiger partial charge in [-0.15, -0.1) is 0 Å². The lowest BCUT2D eigenvalue weighted by Gasteiger charge is -2.35. The van der Waals surface area contributed by atoms with E-state index in [1.807, 2.05) is 98.4 Å². The van der Waals surface area contributed by atoms with Crippen molar-refractivity contribution in [3.8, 4) is 34.4 Å². The van der Waals surface area contributed by atoms with E-state index in [0.29, 0.717) is 17.7 Å². The Hall–Kier alpha value is -6.10. The van der Waals surface area contributed by atoms with E-state index in [0.717, 1.165) is 70.0 Å². The second-order valence-corrected chi connectivity index (χ2v) is 16.8. The summed E-state index contributed by atoms with van der Waals surface area (Å²) in [6, 6.07) is 14.1. The minimum atomic E-state index is -1.12. The minimum absolute atomic E-state index is 0.112. The van der Waals surface area contributed by atoms with E-state index in [9.17, 15) is 24.3 Å². The summed E-state index contributed by atoms with van der Waals surface area (Å²) >= 11 is 0. The molecule has 2 saturated carbocycles. The molecular formula is C44H50N8O6. The van der Waals surface area contributed by atoms with E-state index in [1.54, 1.807) is 0 Å². The van der Waals surface area contributed by atoms with Crippen LogP contribution in [0, 0.1) is 35.5 Å². The van der Waals surface area contributed by atoms with E-state index in [4.69, 9.17) is 14.7 Å². The molecule has 4 fully saturated rings. The van der Waals surface area contributed by atoms with Crippen molar-refractivity contribution in [2.24, 2.45) is 23.7 Å². The van der Waals surface area contributed by atoms with E-state index in [1.165, 1.54) is 14.2 Å². The van der Waals surface area contributed by atoms with Crippen LogP contribution in [0.1, 0.15) is 88.2 Å². The molecular weight excluding hydrogens is 737 g/mol. The third kappa shape index (κ3) is 7.41. The summed E-state index contributed by atoms with van der Waals surface area (Å²) in [6.07, 6.45) is 5.48. The second-order valence-electron chi connectivity index (χ2n) is 16.8. The number of aromatic amines is 2. The van der Waals surface area contributed by atoms with Gasteiger partial charge in [-0.2, -0.15) is 0 Å². The van der Waals surface area contributed by atoms with Crippen molar-refractivity contribution in [1.29, 1.82) is 0 Å². The van der Waals surface area contributed by atoms with Crippen LogP contribution in [0.4, 0.5) is 9.59 Å². The molecule has 2 aromatic heterocycles. The summed E-state index contributed by atoms with van der Waals surface area (Å²) in [6.45, 7) is 7.57. The molecule has 2 aliphatic heterocycles. The lowest BCUT2D eigenvalue weighted by atomic mass is 10.0. The number of H-pyrrole nitrogens is 2. The number of likely N-dealkylation sites (tertiary alicyclic amines) is 2. The van der Waals surface area contributed by atoms with E-state index in [2.05, 4.69) is 27.1 Å². The fourth-order valence-electron chi connectivity index (χ4n) is 9.03. The van der Waals surface area contributed by atoms with E-state index in [-0.39, 0.29) is 47.8 Å². The molecule has 302 valence electrons. The average molecular weight is 787 g/mol. The van der Waals surface area contributed by atoms with E-state index < -0.39 is 24.3 Å². The maximum absolute atomic E-state index is 13.9. The number of nitrogens with zero attached hydrogens (tertiary/aromatic N) is 5. The van der Waals surface area contributed by atoms with Crippen LogP contribution in [0.5, 0.6) is 0 Å². The quantitative estimate of drug-likeness (QED) is 0.137. The molecule has 4 amide bonds. The molecule has 8 atom stereocenters. The van der Waals surface area contributed by atoms with Gasteiger partial charge in [0.1, 0.15) is 23.7 Å². The number of rotatable bonds is 10. The molecule has 0 bridgehead atoms. The number of benzene rings is 2. The van der Waals surface area contributed by atoms with Crippen LogP contribution < -0.4 is 5.32 Å². The highest BCUT2D eigenvalue weighted by Gasteiger charge is 2.57. The fraction of sp³-hybridized carbons (Fsp3) is 0.455.